The van der Waals surface area contributed by atoms with Crippen LogP contribution >= 0.6 is 12.6 Å². The zero-order valence-electron chi connectivity index (χ0n) is 10.9. The molecule has 0 bridgehead atoms. The van der Waals surface area contributed by atoms with Crippen LogP contribution in [0.25, 0.3) is 0 Å². The lowest BCUT2D eigenvalue weighted by Gasteiger charge is -2.20. The van der Waals surface area contributed by atoms with Crippen LogP contribution in [0.15, 0.2) is 30.3 Å². The molecule has 3 heteroatoms. The Morgan fingerprint density at radius 2 is 2.17 bits per heavy atom. The zero-order valence-corrected chi connectivity index (χ0v) is 11.8. The van der Waals surface area contributed by atoms with Crippen molar-refractivity contribution in [2.24, 2.45) is 5.92 Å². The molecule has 1 aromatic rings. The number of carbonyl (C=O) groups excluding carboxylic acids is 1. The maximum absolute atomic E-state index is 12.3. The van der Waals surface area contributed by atoms with Gasteiger partial charge in [0.05, 0.1) is 5.25 Å². The smallest absolute Gasteiger partial charge is 0.235 e. The largest absolute Gasteiger partial charge is 0.341 e. The van der Waals surface area contributed by atoms with Gasteiger partial charge in [-0.1, -0.05) is 43.7 Å². The van der Waals surface area contributed by atoms with E-state index in [1.807, 2.05) is 23.1 Å². The maximum Gasteiger partial charge on any atom is 0.235 e. The summed E-state index contributed by atoms with van der Waals surface area (Å²) in [6.07, 6.45) is 3.03. The summed E-state index contributed by atoms with van der Waals surface area (Å²) in [6.45, 7) is 4.02. The molecule has 0 spiro atoms. The van der Waals surface area contributed by atoms with Gasteiger partial charge in [0.1, 0.15) is 0 Å². The summed E-state index contributed by atoms with van der Waals surface area (Å²) in [6, 6.07) is 10.1. The normalized spacial score (nSPS) is 21.0. The fourth-order valence-electron chi connectivity index (χ4n) is 2.50. The first-order valence-corrected chi connectivity index (χ1v) is 7.23. The van der Waals surface area contributed by atoms with E-state index in [2.05, 4.69) is 31.7 Å². The van der Waals surface area contributed by atoms with Gasteiger partial charge in [0.25, 0.3) is 0 Å². The number of thiol groups is 1. The average molecular weight is 263 g/mol. The molecule has 1 amide bonds. The third-order valence-electron chi connectivity index (χ3n) is 3.73. The van der Waals surface area contributed by atoms with Crippen molar-refractivity contribution in [2.75, 3.05) is 13.1 Å². The second kappa shape index (κ2) is 6.28. The molecule has 2 atom stereocenters. The molecule has 0 radical (unpaired) electrons. The highest BCUT2D eigenvalue weighted by molar-refractivity contribution is 7.81. The molecule has 1 aromatic carbocycles. The summed E-state index contributed by atoms with van der Waals surface area (Å²) in [5.74, 6) is 0.879. The zero-order chi connectivity index (χ0) is 13.0. The van der Waals surface area contributed by atoms with Crippen molar-refractivity contribution < 1.29 is 4.79 Å². The van der Waals surface area contributed by atoms with Gasteiger partial charge in [0.15, 0.2) is 0 Å². The molecule has 2 rings (SSSR count). The lowest BCUT2D eigenvalue weighted by atomic mass is 10.1. The van der Waals surface area contributed by atoms with E-state index in [1.165, 1.54) is 12.0 Å². The fourth-order valence-corrected chi connectivity index (χ4v) is 2.88. The molecule has 2 nitrogen and oxygen atoms in total. The Morgan fingerprint density at radius 1 is 1.44 bits per heavy atom. The number of amides is 1. The van der Waals surface area contributed by atoms with Crippen LogP contribution in [0.2, 0.25) is 0 Å². The van der Waals surface area contributed by atoms with Crippen molar-refractivity contribution >= 4 is 18.5 Å². The molecule has 0 N–H and O–H groups in total. The Bertz CT molecular complexity index is 393. The van der Waals surface area contributed by atoms with Crippen LogP contribution in [-0.2, 0) is 11.2 Å². The number of benzene rings is 1. The Morgan fingerprint density at radius 3 is 2.78 bits per heavy atom. The molecular weight excluding hydrogens is 242 g/mol. The lowest BCUT2D eigenvalue weighted by molar-refractivity contribution is -0.129. The molecule has 1 aliphatic rings. The quantitative estimate of drug-likeness (QED) is 0.828. The molecule has 2 unspecified atom stereocenters. The first kappa shape index (κ1) is 13.5. The summed E-state index contributed by atoms with van der Waals surface area (Å²) in [7, 11) is 0. The number of likely N-dealkylation sites (tertiary alicyclic amines) is 1. The van der Waals surface area contributed by atoms with Crippen LogP contribution < -0.4 is 0 Å². The number of hydrogen-bond acceptors (Lipinski definition) is 2. The van der Waals surface area contributed by atoms with E-state index in [9.17, 15) is 4.79 Å². The van der Waals surface area contributed by atoms with Crippen molar-refractivity contribution in [1.82, 2.24) is 4.90 Å². The van der Waals surface area contributed by atoms with Crippen molar-refractivity contribution in [2.45, 2.75) is 31.4 Å². The number of rotatable bonds is 4. The number of carbonyl (C=O) groups is 1. The van der Waals surface area contributed by atoms with E-state index in [0.717, 1.165) is 25.9 Å². The Hall–Kier alpha value is -0.960. The third-order valence-corrected chi connectivity index (χ3v) is 4.14. The number of nitrogens with zero attached hydrogens (tertiary/aromatic N) is 1. The standard InChI is InChI=1S/C15H21NOS/c1-2-12-8-9-16(11-12)15(17)14(18)10-13-6-4-3-5-7-13/h3-7,12,14,18H,2,8-11H2,1H3. The van der Waals surface area contributed by atoms with E-state index in [0.29, 0.717) is 5.92 Å². The van der Waals surface area contributed by atoms with Crippen LogP contribution in [-0.4, -0.2) is 29.1 Å². The van der Waals surface area contributed by atoms with E-state index in [4.69, 9.17) is 0 Å². The molecule has 18 heavy (non-hydrogen) atoms. The van der Waals surface area contributed by atoms with Crippen LogP contribution in [0.4, 0.5) is 0 Å². The van der Waals surface area contributed by atoms with Gasteiger partial charge < -0.3 is 4.90 Å². The Labute approximate surface area is 115 Å². The summed E-state index contributed by atoms with van der Waals surface area (Å²) >= 11 is 4.48. The van der Waals surface area contributed by atoms with Gasteiger partial charge in [-0.2, -0.15) is 12.6 Å². The molecule has 1 aliphatic heterocycles. The Balaban J connectivity index is 1.89. The summed E-state index contributed by atoms with van der Waals surface area (Å²) < 4.78 is 0. The molecular formula is C15H21NOS. The summed E-state index contributed by atoms with van der Waals surface area (Å²) in [4.78, 5) is 14.2. The molecule has 1 saturated heterocycles. The fraction of sp³-hybridized carbons (Fsp3) is 0.533. The van der Waals surface area contributed by atoms with Gasteiger partial charge in [0, 0.05) is 13.1 Å². The highest BCUT2D eigenvalue weighted by Gasteiger charge is 2.28. The van der Waals surface area contributed by atoms with Crippen LogP contribution in [0.5, 0.6) is 0 Å². The topological polar surface area (TPSA) is 20.3 Å². The monoisotopic (exact) mass is 263 g/mol. The van der Waals surface area contributed by atoms with Crippen molar-refractivity contribution in [3.8, 4) is 0 Å². The minimum Gasteiger partial charge on any atom is -0.341 e. The van der Waals surface area contributed by atoms with Gasteiger partial charge in [0.2, 0.25) is 5.91 Å². The number of hydrogen-bond donors (Lipinski definition) is 1. The van der Waals surface area contributed by atoms with Crippen molar-refractivity contribution in [3.63, 3.8) is 0 Å². The van der Waals surface area contributed by atoms with Crippen LogP contribution in [0.1, 0.15) is 25.3 Å². The third kappa shape index (κ3) is 3.29. The van der Waals surface area contributed by atoms with Crippen molar-refractivity contribution in [1.29, 1.82) is 0 Å². The maximum atomic E-state index is 12.3. The van der Waals surface area contributed by atoms with E-state index in [-0.39, 0.29) is 11.2 Å². The average Bonchev–Trinajstić information content (AvgIpc) is 2.87. The van der Waals surface area contributed by atoms with Gasteiger partial charge in [-0.15, -0.1) is 0 Å². The van der Waals surface area contributed by atoms with Gasteiger partial charge in [-0.3, -0.25) is 4.79 Å². The highest BCUT2D eigenvalue weighted by Crippen LogP contribution is 2.21. The summed E-state index contributed by atoms with van der Waals surface area (Å²) in [5.41, 5.74) is 1.18. The van der Waals surface area contributed by atoms with Gasteiger partial charge in [-0.05, 0) is 24.3 Å². The second-order valence-electron chi connectivity index (χ2n) is 5.05. The van der Waals surface area contributed by atoms with Crippen LogP contribution in [0.3, 0.4) is 0 Å². The second-order valence-corrected chi connectivity index (χ2v) is 5.68. The summed E-state index contributed by atoms with van der Waals surface area (Å²) in [5, 5.41) is -0.206. The highest BCUT2D eigenvalue weighted by atomic mass is 32.1. The first-order chi connectivity index (χ1) is 8.70. The predicted octanol–water partition coefficient (Wildman–Crippen LogP) is 2.79. The molecule has 0 aliphatic carbocycles. The van der Waals surface area contributed by atoms with Gasteiger partial charge in [-0.25, -0.2) is 0 Å². The first-order valence-electron chi connectivity index (χ1n) is 6.71. The lowest BCUT2D eigenvalue weighted by Crippen LogP contribution is -2.36. The van der Waals surface area contributed by atoms with E-state index in [1.54, 1.807) is 0 Å². The van der Waals surface area contributed by atoms with Crippen molar-refractivity contribution in [3.05, 3.63) is 35.9 Å². The minimum atomic E-state index is -0.206. The Kier molecular flexibility index (Phi) is 4.70. The molecule has 0 aromatic heterocycles. The molecule has 98 valence electrons. The van der Waals surface area contributed by atoms with E-state index < -0.39 is 0 Å². The SMILES string of the molecule is CCC1CCN(C(=O)C(S)Cc2ccccc2)C1. The van der Waals surface area contributed by atoms with Crippen LogP contribution in [0, 0.1) is 5.92 Å². The minimum absolute atomic E-state index is 0.193. The predicted molar refractivity (Wildman–Crippen MR) is 77.9 cm³/mol. The van der Waals surface area contributed by atoms with Gasteiger partial charge >= 0.3 is 0 Å². The molecule has 1 heterocycles. The van der Waals surface area contributed by atoms with E-state index >= 15 is 0 Å². The molecule has 1 fully saturated rings. The molecule has 0 saturated carbocycles.